The van der Waals surface area contributed by atoms with Crippen molar-refractivity contribution in [3.8, 4) is 0 Å². The molecule has 5 heteroatoms. The minimum atomic E-state index is -3.53. The highest BCUT2D eigenvalue weighted by Crippen LogP contribution is 2.44. The zero-order valence-corrected chi connectivity index (χ0v) is 11.7. The summed E-state index contributed by atoms with van der Waals surface area (Å²) in [4.78, 5) is -0.174. The van der Waals surface area contributed by atoms with Crippen LogP contribution in [0.25, 0.3) is 0 Å². The van der Waals surface area contributed by atoms with Crippen LogP contribution in [-0.4, -0.2) is 19.5 Å². The van der Waals surface area contributed by atoms with E-state index in [4.69, 9.17) is 0 Å². The van der Waals surface area contributed by atoms with E-state index in [1.807, 2.05) is 0 Å². The molecular formula is C12H14BrFO2S. The number of hydrogen-bond donors (Lipinski definition) is 0. The average Bonchev–Trinajstić information content (AvgIpc) is 2.24. The van der Waals surface area contributed by atoms with Crippen LogP contribution in [-0.2, 0) is 9.84 Å². The highest BCUT2D eigenvalue weighted by molar-refractivity contribution is 9.09. The molecule has 0 saturated heterocycles. The van der Waals surface area contributed by atoms with E-state index >= 15 is 0 Å². The maximum absolute atomic E-state index is 13.5. The van der Waals surface area contributed by atoms with Crippen LogP contribution < -0.4 is 0 Å². The van der Waals surface area contributed by atoms with Gasteiger partial charge in [0, 0.05) is 5.33 Å². The third-order valence-corrected chi connectivity index (χ3v) is 6.55. The Morgan fingerprint density at radius 1 is 1.29 bits per heavy atom. The zero-order chi connectivity index (χ0) is 12.5. The largest absolute Gasteiger partial charge is 0.224 e. The summed E-state index contributed by atoms with van der Waals surface area (Å²) in [5.41, 5.74) is -0.193. The van der Waals surface area contributed by atoms with Crippen molar-refractivity contribution in [3.63, 3.8) is 0 Å². The van der Waals surface area contributed by atoms with E-state index in [9.17, 15) is 12.8 Å². The molecule has 0 heterocycles. The fourth-order valence-corrected chi connectivity index (χ4v) is 5.20. The SMILES string of the molecule is O=S(=O)(CC1(CBr)CCC1)c1ccccc1F. The van der Waals surface area contributed by atoms with Crippen LogP contribution in [0.5, 0.6) is 0 Å². The number of rotatable bonds is 4. The smallest absolute Gasteiger partial charge is 0.181 e. The summed E-state index contributed by atoms with van der Waals surface area (Å²) in [6, 6.07) is 5.58. The molecule has 0 unspecified atom stereocenters. The summed E-state index contributed by atoms with van der Waals surface area (Å²) in [5.74, 6) is -0.622. The van der Waals surface area contributed by atoms with E-state index in [1.54, 1.807) is 6.07 Å². The average molecular weight is 321 g/mol. The predicted molar refractivity (Wildman–Crippen MR) is 68.5 cm³/mol. The fourth-order valence-electron chi connectivity index (χ4n) is 2.17. The summed E-state index contributed by atoms with van der Waals surface area (Å²) in [7, 11) is -3.53. The topological polar surface area (TPSA) is 34.1 Å². The molecular weight excluding hydrogens is 307 g/mol. The van der Waals surface area contributed by atoms with Crippen LogP contribution in [0.4, 0.5) is 4.39 Å². The van der Waals surface area contributed by atoms with Gasteiger partial charge in [0.1, 0.15) is 10.7 Å². The Bertz CT molecular complexity index is 503. The molecule has 1 aromatic rings. The maximum atomic E-state index is 13.5. The Morgan fingerprint density at radius 2 is 1.94 bits per heavy atom. The van der Waals surface area contributed by atoms with Crippen molar-refractivity contribution in [2.45, 2.75) is 24.2 Å². The predicted octanol–water partition coefficient (Wildman–Crippen LogP) is 3.16. The molecule has 1 aliphatic rings. The van der Waals surface area contributed by atoms with Gasteiger partial charge in [0.2, 0.25) is 0 Å². The van der Waals surface area contributed by atoms with E-state index < -0.39 is 15.7 Å². The molecule has 0 bridgehead atoms. The van der Waals surface area contributed by atoms with Crippen LogP contribution in [0.1, 0.15) is 19.3 Å². The Morgan fingerprint density at radius 3 is 2.41 bits per heavy atom. The Labute approximate surface area is 109 Å². The molecule has 94 valence electrons. The van der Waals surface area contributed by atoms with Gasteiger partial charge in [-0.15, -0.1) is 0 Å². The normalized spacial score (nSPS) is 18.7. The quantitative estimate of drug-likeness (QED) is 0.798. The molecule has 0 radical (unpaired) electrons. The van der Waals surface area contributed by atoms with Gasteiger partial charge in [-0.25, -0.2) is 12.8 Å². The van der Waals surface area contributed by atoms with E-state index in [2.05, 4.69) is 15.9 Å². The van der Waals surface area contributed by atoms with Gasteiger partial charge < -0.3 is 0 Å². The second-order valence-electron chi connectivity index (χ2n) is 4.68. The Hall–Kier alpha value is -0.420. The highest BCUT2D eigenvalue weighted by Gasteiger charge is 2.40. The Balaban J connectivity index is 2.29. The van der Waals surface area contributed by atoms with Crippen molar-refractivity contribution in [1.29, 1.82) is 0 Å². The van der Waals surface area contributed by atoms with E-state index in [0.717, 1.165) is 19.3 Å². The first kappa shape index (κ1) is 13.0. The Kier molecular flexibility index (Phi) is 3.59. The summed E-state index contributed by atoms with van der Waals surface area (Å²) in [6.45, 7) is 0. The number of hydrogen-bond acceptors (Lipinski definition) is 2. The molecule has 0 N–H and O–H groups in total. The molecule has 1 saturated carbocycles. The minimum Gasteiger partial charge on any atom is -0.224 e. The molecule has 1 aliphatic carbocycles. The lowest BCUT2D eigenvalue weighted by molar-refractivity contribution is 0.203. The monoisotopic (exact) mass is 320 g/mol. The lowest BCUT2D eigenvalue weighted by Crippen LogP contribution is -2.38. The van der Waals surface area contributed by atoms with E-state index in [-0.39, 0.29) is 16.1 Å². The molecule has 17 heavy (non-hydrogen) atoms. The van der Waals surface area contributed by atoms with E-state index in [0.29, 0.717) is 5.33 Å². The number of halogens is 2. The second-order valence-corrected chi connectivity index (χ2v) is 7.20. The second kappa shape index (κ2) is 4.69. The first-order valence-corrected chi connectivity index (χ1v) is 8.30. The first-order valence-electron chi connectivity index (χ1n) is 5.52. The van der Waals surface area contributed by atoms with Crippen molar-refractivity contribution in [2.24, 2.45) is 5.41 Å². The lowest BCUT2D eigenvalue weighted by Gasteiger charge is -2.40. The van der Waals surface area contributed by atoms with E-state index in [1.165, 1.54) is 18.2 Å². The molecule has 0 atom stereocenters. The van der Waals surface area contributed by atoms with Crippen molar-refractivity contribution < 1.29 is 12.8 Å². The maximum Gasteiger partial charge on any atom is 0.181 e. The van der Waals surface area contributed by atoms with Crippen LogP contribution in [0.2, 0.25) is 0 Å². The standard InChI is InChI=1S/C12H14BrFO2S/c13-8-12(6-3-7-12)9-17(15,16)11-5-2-1-4-10(11)14/h1-2,4-5H,3,6-9H2. The van der Waals surface area contributed by atoms with Crippen molar-refractivity contribution in [3.05, 3.63) is 30.1 Å². The highest BCUT2D eigenvalue weighted by atomic mass is 79.9. The third kappa shape index (κ3) is 2.55. The van der Waals surface area contributed by atoms with Crippen molar-refractivity contribution in [2.75, 3.05) is 11.1 Å². The number of benzene rings is 1. The van der Waals surface area contributed by atoms with Gasteiger partial charge in [0.25, 0.3) is 0 Å². The molecule has 0 aliphatic heterocycles. The molecule has 1 fully saturated rings. The summed E-state index contributed by atoms with van der Waals surface area (Å²) in [6.07, 6.45) is 2.84. The first-order chi connectivity index (χ1) is 7.99. The number of alkyl halides is 1. The summed E-state index contributed by atoms with van der Waals surface area (Å²) >= 11 is 3.37. The van der Waals surface area contributed by atoms with Crippen LogP contribution in [0, 0.1) is 11.2 Å². The molecule has 2 rings (SSSR count). The molecule has 0 spiro atoms. The van der Waals surface area contributed by atoms with Gasteiger partial charge in [-0.2, -0.15) is 0 Å². The number of sulfone groups is 1. The van der Waals surface area contributed by atoms with Crippen LogP contribution in [0.15, 0.2) is 29.2 Å². The van der Waals surface area contributed by atoms with Crippen LogP contribution in [0.3, 0.4) is 0 Å². The van der Waals surface area contributed by atoms with Crippen molar-refractivity contribution >= 4 is 25.8 Å². The van der Waals surface area contributed by atoms with Gasteiger partial charge >= 0.3 is 0 Å². The van der Waals surface area contributed by atoms with Crippen molar-refractivity contribution in [1.82, 2.24) is 0 Å². The van der Waals surface area contributed by atoms with Gasteiger partial charge in [0.05, 0.1) is 5.75 Å². The molecule has 0 amide bonds. The third-order valence-electron chi connectivity index (χ3n) is 3.37. The molecule has 1 aromatic carbocycles. The lowest BCUT2D eigenvalue weighted by atomic mass is 9.72. The molecule has 2 nitrogen and oxygen atoms in total. The minimum absolute atomic E-state index is 0.0339. The fraction of sp³-hybridized carbons (Fsp3) is 0.500. The van der Waals surface area contributed by atoms with Gasteiger partial charge in [-0.1, -0.05) is 34.5 Å². The van der Waals surface area contributed by atoms with Gasteiger partial charge in [-0.3, -0.25) is 0 Å². The summed E-state index contributed by atoms with van der Waals surface area (Å²) in [5, 5.41) is 0.660. The van der Waals surface area contributed by atoms with Gasteiger partial charge in [-0.05, 0) is 30.4 Å². The zero-order valence-electron chi connectivity index (χ0n) is 9.33. The van der Waals surface area contributed by atoms with Gasteiger partial charge in [0.15, 0.2) is 9.84 Å². The molecule has 0 aromatic heterocycles. The summed E-state index contributed by atoms with van der Waals surface area (Å²) < 4.78 is 37.8. The van der Waals surface area contributed by atoms with Crippen LogP contribution >= 0.6 is 15.9 Å².